The highest BCUT2D eigenvalue weighted by molar-refractivity contribution is 5.05. The van der Waals surface area contributed by atoms with Gasteiger partial charge in [-0.3, -0.25) is 4.90 Å². The zero-order valence-corrected chi connectivity index (χ0v) is 12.0. The van der Waals surface area contributed by atoms with Crippen LogP contribution in [0.1, 0.15) is 46.0 Å². The Bertz CT molecular complexity index is 286. The van der Waals surface area contributed by atoms with Gasteiger partial charge in [0.2, 0.25) is 0 Å². The molecule has 2 heterocycles. The molecule has 0 aromatic heterocycles. The predicted octanol–water partition coefficient (Wildman–Crippen LogP) is 2.02. The van der Waals surface area contributed by atoms with E-state index in [-0.39, 0.29) is 0 Å². The maximum Gasteiger partial charge on any atom is 0.0622 e. The van der Waals surface area contributed by atoms with E-state index in [2.05, 4.69) is 24.1 Å². The first-order valence-electron chi connectivity index (χ1n) is 7.81. The smallest absolute Gasteiger partial charge is 0.0622 e. The first kappa shape index (κ1) is 12.9. The molecule has 1 aliphatic carbocycles. The van der Waals surface area contributed by atoms with Crippen LogP contribution in [0.4, 0.5) is 0 Å². The Labute approximate surface area is 111 Å². The Morgan fingerprint density at radius 1 is 1.33 bits per heavy atom. The van der Waals surface area contributed by atoms with Crippen molar-refractivity contribution in [2.24, 2.45) is 5.92 Å². The van der Waals surface area contributed by atoms with E-state index in [1.54, 1.807) is 0 Å². The second kappa shape index (κ2) is 5.10. The number of nitrogens with one attached hydrogen (secondary N) is 1. The van der Waals surface area contributed by atoms with E-state index >= 15 is 0 Å². The Hall–Kier alpha value is -0.120. The molecule has 3 aliphatic rings. The fourth-order valence-corrected chi connectivity index (χ4v) is 3.84. The summed E-state index contributed by atoms with van der Waals surface area (Å²) in [6, 6.07) is 1.41. The SMILES string of the molecule is CCCC1CNC(C)(C2CC2)CN1C1CCOC1. The maximum absolute atomic E-state index is 5.62. The van der Waals surface area contributed by atoms with Gasteiger partial charge in [-0.15, -0.1) is 0 Å². The third-order valence-corrected chi connectivity index (χ3v) is 5.20. The minimum Gasteiger partial charge on any atom is -0.380 e. The number of ether oxygens (including phenoxy) is 1. The van der Waals surface area contributed by atoms with Crippen LogP contribution in [-0.2, 0) is 4.74 Å². The van der Waals surface area contributed by atoms with Crippen LogP contribution in [0.2, 0.25) is 0 Å². The van der Waals surface area contributed by atoms with Crippen LogP contribution in [-0.4, -0.2) is 48.8 Å². The summed E-state index contributed by atoms with van der Waals surface area (Å²) in [5, 5.41) is 3.86. The Morgan fingerprint density at radius 3 is 2.78 bits per heavy atom. The summed E-state index contributed by atoms with van der Waals surface area (Å²) in [6.07, 6.45) is 6.70. The summed E-state index contributed by atoms with van der Waals surface area (Å²) in [5.41, 5.74) is 0.368. The molecule has 0 aromatic carbocycles. The van der Waals surface area contributed by atoms with Crippen molar-refractivity contribution in [3.05, 3.63) is 0 Å². The molecule has 3 atom stereocenters. The highest BCUT2D eigenvalue weighted by Crippen LogP contribution is 2.42. The van der Waals surface area contributed by atoms with Gasteiger partial charge in [-0.05, 0) is 38.5 Å². The molecule has 104 valence electrons. The van der Waals surface area contributed by atoms with Gasteiger partial charge in [0.25, 0.3) is 0 Å². The van der Waals surface area contributed by atoms with Crippen molar-refractivity contribution in [3.8, 4) is 0 Å². The lowest BCUT2D eigenvalue weighted by Gasteiger charge is -2.49. The lowest BCUT2D eigenvalue weighted by molar-refractivity contribution is 0.0292. The van der Waals surface area contributed by atoms with Crippen molar-refractivity contribution >= 4 is 0 Å². The van der Waals surface area contributed by atoms with Gasteiger partial charge >= 0.3 is 0 Å². The maximum atomic E-state index is 5.62. The average molecular weight is 252 g/mol. The third-order valence-electron chi connectivity index (χ3n) is 5.20. The van der Waals surface area contributed by atoms with Crippen LogP contribution in [0.15, 0.2) is 0 Å². The Balaban J connectivity index is 1.70. The molecular weight excluding hydrogens is 224 g/mol. The zero-order valence-electron chi connectivity index (χ0n) is 12.0. The topological polar surface area (TPSA) is 24.5 Å². The summed E-state index contributed by atoms with van der Waals surface area (Å²) >= 11 is 0. The molecule has 0 aromatic rings. The number of rotatable bonds is 4. The van der Waals surface area contributed by atoms with Crippen LogP contribution in [0.3, 0.4) is 0 Å². The van der Waals surface area contributed by atoms with Gasteiger partial charge in [0, 0.05) is 37.3 Å². The molecule has 1 N–H and O–H groups in total. The molecule has 3 nitrogen and oxygen atoms in total. The Morgan fingerprint density at radius 2 is 2.17 bits per heavy atom. The number of hydrogen-bond donors (Lipinski definition) is 1. The largest absolute Gasteiger partial charge is 0.380 e. The van der Waals surface area contributed by atoms with Gasteiger partial charge in [0.15, 0.2) is 0 Å². The lowest BCUT2D eigenvalue weighted by Crippen LogP contribution is -2.66. The summed E-state index contributed by atoms with van der Waals surface area (Å²) < 4.78 is 5.62. The van der Waals surface area contributed by atoms with E-state index in [0.29, 0.717) is 11.6 Å². The lowest BCUT2D eigenvalue weighted by atomic mass is 9.88. The molecule has 0 bridgehead atoms. The minimum atomic E-state index is 0.368. The highest BCUT2D eigenvalue weighted by Gasteiger charge is 2.47. The van der Waals surface area contributed by atoms with E-state index in [9.17, 15) is 0 Å². The molecule has 3 heteroatoms. The van der Waals surface area contributed by atoms with E-state index in [4.69, 9.17) is 4.74 Å². The molecule has 18 heavy (non-hydrogen) atoms. The average Bonchev–Trinajstić information content (AvgIpc) is 3.09. The fraction of sp³-hybridized carbons (Fsp3) is 1.00. The quantitative estimate of drug-likeness (QED) is 0.828. The molecule has 0 spiro atoms. The highest BCUT2D eigenvalue weighted by atomic mass is 16.5. The molecule has 2 aliphatic heterocycles. The van der Waals surface area contributed by atoms with Gasteiger partial charge in [0.1, 0.15) is 0 Å². The molecule has 3 rings (SSSR count). The summed E-state index contributed by atoms with van der Waals surface area (Å²) in [4.78, 5) is 2.78. The minimum absolute atomic E-state index is 0.368. The normalized spacial score (nSPS) is 42.3. The van der Waals surface area contributed by atoms with Crippen molar-refractivity contribution in [2.45, 2.75) is 63.6 Å². The van der Waals surface area contributed by atoms with Gasteiger partial charge < -0.3 is 10.1 Å². The first-order chi connectivity index (χ1) is 8.73. The van der Waals surface area contributed by atoms with Crippen molar-refractivity contribution < 1.29 is 4.74 Å². The molecule has 3 unspecified atom stereocenters. The van der Waals surface area contributed by atoms with E-state index in [1.807, 2.05) is 0 Å². The van der Waals surface area contributed by atoms with Crippen LogP contribution >= 0.6 is 0 Å². The summed E-state index contributed by atoms with van der Waals surface area (Å²) in [5.74, 6) is 0.921. The predicted molar refractivity (Wildman–Crippen MR) is 73.8 cm³/mol. The molecule has 0 radical (unpaired) electrons. The van der Waals surface area contributed by atoms with Gasteiger partial charge in [-0.1, -0.05) is 13.3 Å². The number of hydrogen-bond acceptors (Lipinski definition) is 3. The Kier molecular flexibility index (Phi) is 3.65. The zero-order chi connectivity index (χ0) is 12.6. The second-order valence-electron chi connectivity index (χ2n) is 6.70. The van der Waals surface area contributed by atoms with E-state index in [0.717, 1.165) is 25.2 Å². The van der Waals surface area contributed by atoms with E-state index < -0.39 is 0 Å². The molecule has 1 saturated carbocycles. The van der Waals surface area contributed by atoms with Crippen LogP contribution in [0.25, 0.3) is 0 Å². The molecule has 3 fully saturated rings. The van der Waals surface area contributed by atoms with Gasteiger partial charge in [0.05, 0.1) is 6.61 Å². The number of piperazine rings is 1. The van der Waals surface area contributed by atoms with Crippen LogP contribution < -0.4 is 5.32 Å². The van der Waals surface area contributed by atoms with Gasteiger partial charge in [-0.25, -0.2) is 0 Å². The number of nitrogens with zero attached hydrogens (tertiary/aromatic N) is 1. The standard InChI is InChI=1S/C15H28N2O/c1-3-4-13-9-16-15(2,12-5-6-12)11-17(13)14-7-8-18-10-14/h12-14,16H,3-11H2,1-2H3. The van der Waals surface area contributed by atoms with Crippen molar-refractivity contribution in [1.29, 1.82) is 0 Å². The van der Waals surface area contributed by atoms with Crippen molar-refractivity contribution in [1.82, 2.24) is 10.2 Å². The fourth-order valence-electron chi connectivity index (χ4n) is 3.84. The van der Waals surface area contributed by atoms with Crippen molar-refractivity contribution in [3.63, 3.8) is 0 Å². The van der Waals surface area contributed by atoms with Gasteiger partial charge in [-0.2, -0.15) is 0 Å². The van der Waals surface area contributed by atoms with E-state index in [1.165, 1.54) is 45.2 Å². The van der Waals surface area contributed by atoms with Crippen molar-refractivity contribution in [2.75, 3.05) is 26.3 Å². The first-order valence-corrected chi connectivity index (χ1v) is 7.81. The third kappa shape index (κ3) is 2.45. The second-order valence-corrected chi connectivity index (χ2v) is 6.70. The summed E-state index contributed by atoms with van der Waals surface area (Å²) in [7, 11) is 0. The summed E-state index contributed by atoms with van der Waals surface area (Å²) in [6.45, 7) is 9.08. The molecule has 0 amide bonds. The monoisotopic (exact) mass is 252 g/mol. The molecular formula is C15H28N2O. The van der Waals surface area contributed by atoms with Crippen LogP contribution in [0, 0.1) is 5.92 Å². The molecule has 2 saturated heterocycles. The van der Waals surface area contributed by atoms with Crippen LogP contribution in [0.5, 0.6) is 0 Å².